The predicted molar refractivity (Wildman–Crippen MR) is 134 cm³/mol. The van der Waals surface area contributed by atoms with E-state index in [1.54, 1.807) is 13.8 Å². The van der Waals surface area contributed by atoms with Crippen LogP contribution in [0.5, 0.6) is 11.5 Å². The van der Waals surface area contributed by atoms with Gasteiger partial charge in [0.15, 0.2) is 11.6 Å². The van der Waals surface area contributed by atoms with Gasteiger partial charge in [-0.05, 0) is 48.2 Å². The van der Waals surface area contributed by atoms with Crippen molar-refractivity contribution in [1.82, 2.24) is 0 Å². The van der Waals surface area contributed by atoms with E-state index in [1.807, 2.05) is 0 Å². The molecule has 2 bridgehead atoms. The van der Waals surface area contributed by atoms with Crippen LogP contribution in [0.4, 0.5) is 0 Å². The van der Waals surface area contributed by atoms with Crippen molar-refractivity contribution in [2.75, 3.05) is 13.7 Å². The maximum absolute atomic E-state index is 14.6. The van der Waals surface area contributed by atoms with Crippen LogP contribution in [-0.4, -0.2) is 53.5 Å². The Bertz CT molecular complexity index is 1850. The highest BCUT2D eigenvalue weighted by molar-refractivity contribution is 6.19. The lowest BCUT2D eigenvalue weighted by molar-refractivity contribution is -0.154. The number of ether oxygens (including phenoxy) is 3. The lowest BCUT2D eigenvalue weighted by Gasteiger charge is -2.47. The Morgan fingerprint density at radius 3 is 2.35 bits per heavy atom. The first-order valence-electron chi connectivity index (χ1n) is 12.6. The molecule has 3 aromatic rings. The molecule has 1 aliphatic heterocycles. The van der Waals surface area contributed by atoms with Crippen molar-refractivity contribution in [3.05, 3.63) is 67.8 Å². The van der Waals surface area contributed by atoms with Crippen LogP contribution in [0.3, 0.4) is 0 Å². The topological polar surface area (TPSA) is 167 Å². The number of phenolic OH excluding ortho intramolecular Hbond substituents is 2. The third-order valence-electron chi connectivity index (χ3n) is 9.17. The standard InChI is InChI=1S/C29H22O11/c1-9-5-14(32)18-20-15(9)23(34)21-25(40-11(3)30)28(20,8-39-27(18)36)24-22(33)12-7-38-26(35)17-13(31)6-10(2)19(16(12)17)29(21,24)37-4/h5-7,21,24-25,31-32H,8H2,1-4H3/t21-,24-,25+,28-,29+/m1/s1. The number of fused-ring (bicyclic) bond motifs is 4. The van der Waals surface area contributed by atoms with E-state index in [4.69, 9.17) is 18.6 Å². The number of aromatic hydroxyl groups is 2. The van der Waals surface area contributed by atoms with Crippen molar-refractivity contribution in [1.29, 1.82) is 0 Å². The van der Waals surface area contributed by atoms with E-state index < -0.39 is 76.2 Å². The highest BCUT2D eigenvalue weighted by Gasteiger charge is 2.80. The normalized spacial score (nSPS) is 29.2. The quantitative estimate of drug-likeness (QED) is 0.453. The van der Waals surface area contributed by atoms with Gasteiger partial charge >= 0.3 is 17.6 Å². The van der Waals surface area contributed by atoms with Gasteiger partial charge in [0.2, 0.25) is 0 Å². The lowest BCUT2D eigenvalue weighted by Crippen LogP contribution is -2.57. The van der Waals surface area contributed by atoms with Gasteiger partial charge in [0.05, 0.1) is 22.8 Å². The van der Waals surface area contributed by atoms with Crippen LogP contribution in [-0.2, 0) is 30.0 Å². The summed E-state index contributed by atoms with van der Waals surface area (Å²) >= 11 is 0. The average Bonchev–Trinajstić information content (AvgIpc) is 3.06. The smallest absolute Gasteiger partial charge is 0.347 e. The Morgan fingerprint density at radius 1 is 0.975 bits per heavy atom. The molecule has 1 aromatic heterocycles. The molecule has 0 amide bonds. The van der Waals surface area contributed by atoms with Crippen LogP contribution < -0.4 is 5.63 Å². The second-order valence-electron chi connectivity index (χ2n) is 10.9. The fraction of sp³-hybridized carbons (Fsp3) is 0.345. The van der Waals surface area contributed by atoms with Gasteiger partial charge in [0, 0.05) is 25.0 Å². The summed E-state index contributed by atoms with van der Waals surface area (Å²) in [6.07, 6.45) is -0.353. The molecule has 0 saturated heterocycles. The van der Waals surface area contributed by atoms with E-state index in [1.165, 1.54) is 19.2 Å². The Morgan fingerprint density at radius 2 is 1.68 bits per heavy atom. The zero-order valence-corrected chi connectivity index (χ0v) is 21.7. The van der Waals surface area contributed by atoms with Gasteiger partial charge in [0.1, 0.15) is 47.0 Å². The zero-order valence-electron chi connectivity index (χ0n) is 21.7. The number of methoxy groups -OCH3 is 1. The second-order valence-corrected chi connectivity index (χ2v) is 10.9. The number of benzene rings is 2. The first kappa shape index (κ1) is 24.5. The molecule has 0 unspecified atom stereocenters. The van der Waals surface area contributed by atoms with Gasteiger partial charge in [0.25, 0.3) is 0 Å². The molecule has 3 aliphatic carbocycles. The summed E-state index contributed by atoms with van der Waals surface area (Å²) in [5.41, 5.74) is -3.47. The fourth-order valence-electron chi connectivity index (χ4n) is 8.08. The molecule has 4 aliphatic rings. The number of aryl methyl sites for hydroxylation is 2. The first-order valence-corrected chi connectivity index (χ1v) is 12.6. The van der Waals surface area contributed by atoms with E-state index in [-0.39, 0.29) is 38.6 Å². The van der Waals surface area contributed by atoms with Crippen LogP contribution in [0.2, 0.25) is 0 Å². The number of ketones is 2. The van der Waals surface area contributed by atoms with Gasteiger partial charge in [-0.2, -0.15) is 0 Å². The summed E-state index contributed by atoms with van der Waals surface area (Å²) < 4.78 is 22.8. The second kappa shape index (κ2) is 7.36. The van der Waals surface area contributed by atoms with Crippen molar-refractivity contribution >= 4 is 34.3 Å². The molecule has 11 heteroatoms. The van der Waals surface area contributed by atoms with Crippen molar-refractivity contribution in [3.8, 4) is 11.5 Å². The molecule has 0 radical (unpaired) electrons. The molecule has 5 atom stereocenters. The summed E-state index contributed by atoms with van der Waals surface area (Å²) in [6, 6.07) is 2.61. The minimum absolute atomic E-state index is 0.0471. The van der Waals surface area contributed by atoms with Gasteiger partial charge in [-0.1, -0.05) is 0 Å². The third-order valence-corrected chi connectivity index (χ3v) is 9.17. The van der Waals surface area contributed by atoms with Crippen molar-refractivity contribution in [2.45, 2.75) is 37.9 Å². The zero-order chi connectivity index (χ0) is 28.6. The van der Waals surface area contributed by atoms with Crippen molar-refractivity contribution in [3.63, 3.8) is 0 Å². The molecular weight excluding hydrogens is 524 g/mol. The van der Waals surface area contributed by atoms with Crippen LogP contribution in [0.25, 0.3) is 10.8 Å². The van der Waals surface area contributed by atoms with E-state index in [0.29, 0.717) is 11.1 Å². The summed E-state index contributed by atoms with van der Waals surface area (Å²) in [7, 11) is 1.31. The summed E-state index contributed by atoms with van der Waals surface area (Å²) in [5.74, 6) is -6.33. The molecule has 1 spiro atoms. The molecule has 1 fully saturated rings. The van der Waals surface area contributed by atoms with Gasteiger partial charge in [-0.25, -0.2) is 9.59 Å². The molecular formula is C29H22O11. The number of Topliss-reactive ketones (excluding diaryl/α,β-unsaturated/α-hetero) is 2. The van der Waals surface area contributed by atoms with Crippen LogP contribution in [0, 0.1) is 25.7 Å². The van der Waals surface area contributed by atoms with Gasteiger partial charge < -0.3 is 28.8 Å². The predicted octanol–water partition coefficient (Wildman–Crippen LogP) is 2.34. The highest BCUT2D eigenvalue weighted by Crippen LogP contribution is 2.70. The molecule has 7 rings (SSSR count). The first-order chi connectivity index (χ1) is 18.9. The van der Waals surface area contributed by atoms with E-state index in [0.717, 1.165) is 13.2 Å². The summed E-state index contributed by atoms with van der Waals surface area (Å²) in [4.78, 5) is 67.6. The third kappa shape index (κ3) is 2.40. The molecule has 2 heterocycles. The number of carbonyl (C=O) groups excluding carboxylic acids is 4. The largest absolute Gasteiger partial charge is 0.507 e. The number of carbonyl (C=O) groups is 4. The molecule has 40 heavy (non-hydrogen) atoms. The van der Waals surface area contributed by atoms with Crippen LogP contribution >= 0.6 is 0 Å². The SMILES string of the molecule is CO[C@]12c3c(C)cc(O)c4c(=O)occ(c34)C(=O)[C@@H]1[C@@]13COC(=O)c4c(O)cc(C)c(c41)C(=O)[C@@H]2[C@@H]3OC(C)=O. The fourth-order valence-corrected chi connectivity index (χ4v) is 8.08. The highest BCUT2D eigenvalue weighted by atomic mass is 16.6. The molecule has 11 nitrogen and oxygen atoms in total. The number of hydrogen-bond donors (Lipinski definition) is 2. The Hall–Kier alpha value is -4.51. The number of esters is 2. The van der Waals surface area contributed by atoms with E-state index in [2.05, 4.69) is 0 Å². The van der Waals surface area contributed by atoms with Crippen LogP contribution in [0.15, 0.2) is 27.6 Å². The molecule has 1 saturated carbocycles. The number of phenols is 2. The van der Waals surface area contributed by atoms with E-state index >= 15 is 0 Å². The van der Waals surface area contributed by atoms with Crippen LogP contribution in [0.1, 0.15) is 60.3 Å². The summed E-state index contributed by atoms with van der Waals surface area (Å²) in [5, 5.41) is 21.5. The number of hydrogen-bond acceptors (Lipinski definition) is 11. The van der Waals surface area contributed by atoms with E-state index in [9.17, 15) is 34.2 Å². The monoisotopic (exact) mass is 546 g/mol. The average molecular weight is 546 g/mol. The van der Waals surface area contributed by atoms with Gasteiger partial charge in [-0.15, -0.1) is 0 Å². The van der Waals surface area contributed by atoms with Crippen molar-refractivity contribution in [2.24, 2.45) is 11.8 Å². The summed E-state index contributed by atoms with van der Waals surface area (Å²) in [6.45, 7) is 3.94. The minimum Gasteiger partial charge on any atom is -0.507 e. The maximum atomic E-state index is 14.6. The van der Waals surface area contributed by atoms with Gasteiger partial charge in [-0.3, -0.25) is 14.4 Å². The Labute approximate surface area is 225 Å². The maximum Gasteiger partial charge on any atom is 0.347 e. The molecule has 2 aromatic carbocycles. The van der Waals surface area contributed by atoms with Crippen molar-refractivity contribution < 1.29 is 48.0 Å². The Balaban J connectivity index is 1.73. The minimum atomic E-state index is -1.83. The molecule has 2 N–H and O–H groups in total. The number of cyclic esters (lactones) is 1. The number of rotatable bonds is 2. The lowest BCUT2D eigenvalue weighted by atomic mass is 9.59. The molecule has 204 valence electrons. The Kier molecular flexibility index (Phi) is 4.51.